The molecule has 0 atom stereocenters. The molecule has 0 saturated heterocycles. The smallest absolute Gasteiger partial charge is 0.256 e. The van der Waals surface area contributed by atoms with E-state index in [4.69, 9.17) is 4.52 Å². The molecule has 0 saturated carbocycles. The third kappa shape index (κ3) is 4.41. The fourth-order valence-corrected chi connectivity index (χ4v) is 2.17. The highest BCUT2D eigenvalue weighted by Gasteiger charge is 2.16. The van der Waals surface area contributed by atoms with Crippen molar-refractivity contribution < 1.29 is 9.32 Å². The van der Waals surface area contributed by atoms with Gasteiger partial charge in [0.25, 0.3) is 5.91 Å². The quantitative estimate of drug-likeness (QED) is 0.667. The SMILES string of the molecule is CCNc1cc(C)nc(NCCNC(=O)c2c(C)noc2C)n1. The van der Waals surface area contributed by atoms with E-state index in [0.29, 0.717) is 36.1 Å². The van der Waals surface area contributed by atoms with Crippen molar-refractivity contribution >= 4 is 17.7 Å². The number of rotatable bonds is 7. The zero-order chi connectivity index (χ0) is 16.8. The van der Waals surface area contributed by atoms with E-state index in [2.05, 4.69) is 31.1 Å². The Morgan fingerprint density at radius 2 is 1.96 bits per heavy atom. The summed E-state index contributed by atoms with van der Waals surface area (Å²) in [5.74, 6) is 1.64. The second-order valence-corrected chi connectivity index (χ2v) is 5.13. The van der Waals surface area contributed by atoms with Crippen LogP contribution in [-0.4, -0.2) is 40.7 Å². The lowest BCUT2D eigenvalue weighted by atomic mass is 10.2. The minimum Gasteiger partial charge on any atom is -0.370 e. The number of hydrogen-bond donors (Lipinski definition) is 3. The molecule has 0 unspecified atom stereocenters. The lowest BCUT2D eigenvalue weighted by Gasteiger charge is -2.09. The van der Waals surface area contributed by atoms with Crippen molar-refractivity contribution in [1.29, 1.82) is 0 Å². The molecule has 8 nitrogen and oxygen atoms in total. The summed E-state index contributed by atoms with van der Waals surface area (Å²) in [5, 5.41) is 12.8. The molecule has 0 aromatic carbocycles. The van der Waals surface area contributed by atoms with Gasteiger partial charge in [-0.25, -0.2) is 4.98 Å². The molecule has 2 rings (SSSR count). The first kappa shape index (κ1) is 16.7. The Hall–Kier alpha value is -2.64. The van der Waals surface area contributed by atoms with E-state index in [1.165, 1.54) is 0 Å². The molecule has 3 N–H and O–H groups in total. The van der Waals surface area contributed by atoms with Gasteiger partial charge >= 0.3 is 0 Å². The van der Waals surface area contributed by atoms with Crippen LogP contribution in [0.2, 0.25) is 0 Å². The molecule has 124 valence electrons. The summed E-state index contributed by atoms with van der Waals surface area (Å²) in [7, 11) is 0. The van der Waals surface area contributed by atoms with Gasteiger partial charge in [-0.3, -0.25) is 4.79 Å². The molecule has 1 amide bonds. The number of hydrogen-bond acceptors (Lipinski definition) is 7. The average Bonchev–Trinajstić information content (AvgIpc) is 2.82. The number of aromatic nitrogens is 3. The number of anilines is 2. The first-order valence-electron chi connectivity index (χ1n) is 7.55. The highest BCUT2D eigenvalue weighted by atomic mass is 16.5. The molecule has 0 spiro atoms. The predicted molar refractivity (Wildman–Crippen MR) is 87.7 cm³/mol. The van der Waals surface area contributed by atoms with E-state index in [1.807, 2.05) is 19.9 Å². The number of carbonyl (C=O) groups excluding carboxylic acids is 1. The Morgan fingerprint density at radius 3 is 2.61 bits per heavy atom. The van der Waals surface area contributed by atoms with Crippen LogP contribution in [0.15, 0.2) is 10.6 Å². The van der Waals surface area contributed by atoms with Crippen molar-refractivity contribution in [3.8, 4) is 0 Å². The van der Waals surface area contributed by atoms with E-state index in [1.54, 1.807) is 13.8 Å². The van der Waals surface area contributed by atoms with Crippen LogP contribution in [0.25, 0.3) is 0 Å². The molecule has 2 heterocycles. The van der Waals surface area contributed by atoms with Gasteiger partial charge in [-0.05, 0) is 27.7 Å². The topological polar surface area (TPSA) is 105 Å². The number of nitrogens with one attached hydrogen (secondary N) is 3. The highest BCUT2D eigenvalue weighted by Crippen LogP contribution is 2.11. The Balaban J connectivity index is 1.85. The standard InChI is InChI=1S/C15H22N6O2/c1-5-16-12-8-9(2)19-15(20-12)18-7-6-17-14(22)13-10(3)21-23-11(13)4/h8H,5-7H2,1-4H3,(H,17,22)(H2,16,18,19,20). The first-order chi connectivity index (χ1) is 11.0. The number of carbonyl (C=O) groups is 1. The molecular formula is C15H22N6O2. The zero-order valence-electron chi connectivity index (χ0n) is 13.9. The third-order valence-corrected chi connectivity index (χ3v) is 3.17. The van der Waals surface area contributed by atoms with Crippen LogP contribution in [-0.2, 0) is 0 Å². The maximum absolute atomic E-state index is 12.1. The second-order valence-electron chi connectivity index (χ2n) is 5.13. The maximum atomic E-state index is 12.1. The molecule has 0 fully saturated rings. The molecule has 0 aliphatic rings. The van der Waals surface area contributed by atoms with E-state index in [-0.39, 0.29) is 5.91 Å². The fourth-order valence-electron chi connectivity index (χ4n) is 2.17. The Bertz CT molecular complexity index is 663. The van der Waals surface area contributed by atoms with Gasteiger partial charge in [-0.2, -0.15) is 4.98 Å². The fraction of sp³-hybridized carbons (Fsp3) is 0.467. The summed E-state index contributed by atoms with van der Waals surface area (Å²) >= 11 is 0. The number of nitrogens with zero attached hydrogens (tertiary/aromatic N) is 3. The molecule has 2 aromatic rings. The molecule has 2 aromatic heterocycles. The van der Waals surface area contributed by atoms with E-state index in [9.17, 15) is 4.79 Å². The molecule has 0 radical (unpaired) electrons. The maximum Gasteiger partial charge on any atom is 0.256 e. The van der Waals surface area contributed by atoms with Crippen LogP contribution < -0.4 is 16.0 Å². The van der Waals surface area contributed by atoms with Crippen molar-refractivity contribution in [1.82, 2.24) is 20.4 Å². The molecule has 0 bridgehead atoms. The van der Waals surface area contributed by atoms with Gasteiger partial charge < -0.3 is 20.5 Å². The lowest BCUT2D eigenvalue weighted by molar-refractivity contribution is 0.0953. The summed E-state index contributed by atoms with van der Waals surface area (Å²) in [6.45, 7) is 9.13. The van der Waals surface area contributed by atoms with Crippen LogP contribution in [0.5, 0.6) is 0 Å². The monoisotopic (exact) mass is 318 g/mol. The predicted octanol–water partition coefficient (Wildman–Crippen LogP) is 1.66. The van der Waals surface area contributed by atoms with Crippen molar-refractivity contribution in [3.05, 3.63) is 28.8 Å². The molecular weight excluding hydrogens is 296 g/mol. The minimum atomic E-state index is -0.193. The van der Waals surface area contributed by atoms with Crippen molar-refractivity contribution in [2.45, 2.75) is 27.7 Å². The average molecular weight is 318 g/mol. The van der Waals surface area contributed by atoms with Crippen molar-refractivity contribution in [2.75, 3.05) is 30.3 Å². The Kier molecular flexibility index (Phi) is 5.51. The minimum absolute atomic E-state index is 0.193. The van der Waals surface area contributed by atoms with Gasteiger partial charge in [0.1, 0.15) is 17.1 Å². The van der Waals surface area contributed by atoms with Crippen molar-refractivity contribution in [2.24, 2.45) is 0 Å². The van der Waals surface area contributed by atoms with E-state index >= 15 is 0 Å². The second kappa shape index (κ2) is 7.57. The summed E-state index contributed by atoms with van der Waals surface area (Å²) in [6, 6.07) is 1.88. The molecule has 8 heteroatoms. The van der Waals surface area contributed by atoms with Gasteiger partial charge in [-0.1, -0.05) is 5.16 Å². The van der Waals surface area contributed by atoms with Gasteiger partial charge in [-0.15, -0.1) is 0 Å². The van der Waals surface area contributed by atoms with Gasteiger partial charge in [0, 0.05) is 31.4 Å². The summed E-state index contributed by atoms with van der Waals surface area (Å²) in [6.07, 6.45) is 0. The summed E-state index contributed by atoms with van der Waals surface area (Å²) < 4.78 is 4.99. The number of aryl methyl sites for hydroxylation is 3. The van der Waals surface area contributed by atoms with Gasteiger partial charge in [0.05, 0.1) is 5.69 Å². The van der Waals surface area contributed by atoms with Crippen molar-refractivity contribution in [3.63, 3.8) is 0 Å². The lowest BCUT2D eigenvalue weighted by Crippen LogP contribution is -2.29. The van der Waals surface area contributed by atoms with E-state index in [0.717, 1.165) is 18.1 Å². The number of amides is 1. The summed E-state index contributed by atoms with van der Waals surface area (Å²) in [5.41, 5.74) is 1.95. The third-order valence-electron chi connectivity index (χ3n) is 3.17. The van der Waals surface area contributed by atoms with Gasteiger partial charge in [0.2, 0.25) is 5.95 Å². The highest BCUT2D eigenvalue weighted by molar-refractivity contribution is 5.96. The van der Waals surface area contributed by atoms with E-state index < -0.39 is 0 Å². The first-order valence-corrected chi connectivity index (χ1v) is 7.55. The van der Waals surface area contributed by atoms with Gasteiger partial charge in [0.15, 0.2) is 0 Å². The largest absolute Gasteiger partial charge is 0.370 e. The molecule has 0 aliphatic heterocycles. The Morgan fingerprint density at radius 1 is 1.17 bits per heavy atom. The zero-order valence-corrected chi connectivity index (χ0v) is 13.9. The van der Waals surface area contributed by atoms with Crippen LogP contribution in [0, 0.1) is 20.8 Å². The van der Waals surface area contributed by atoms with Crippen LogP contribution in [0.4, 0.5) is 11.8 Å². The normalized spacial score (nSPS) is 10.4. The van der Waals surface area contributed by atoms with Crippen LogP contribution >= 0.6 is 0 Å². The molecule has 23 heavy (non-hydrogen) atoms. The van der Waals surface area contributed by atoms with Crippen LogP contribution in [0.3, 0.4) is 0 Å². The van der Waals surface area contributed by atoms with Crippen LogP contribution in [0.1, 0.15) is 34.4 Å². The Labute approximate surface area is 135 Å². The molecule has 0 aliphatic carbocycles. The summed E-state index contributed by atoms with van der Waals surface area (Å²) in [4.78, 5) is 20.7.